The van der Waals surface area contributed by atoms with Crippen molar-refractivity contribution in [3.8, 4) is 0 Å². The standard InChI is InChI=1S/C15H18N4S/c1-19-7-6-17-10-11-9-12(4-5-13(11)19)18-15(16)14-3-2-8-20-14/h2-5,8-9,17H,6-7,10H2,1H3,(H2,16,18). The van der Waals surface area contributed by atoms with E-state index in [-0.39, 0.29) is 0 Å². The molecule has 4 nitrogen and oxygen atoms in total. The Balaban J connectivity index is 1.92. The Labute approximate surface area is 122 Å². The average molecular weight is 286 g/mol. The summed E-state index contributed by atoms with van der Waals surface area (Å²) in [6.07, 6.45) is 0. The van der Waals surface area contributed by atoms with Gasteiger partial charge in [0.2, 0.25) is 0 Å². The van der Waals surface area contributed by atoms with Gasteiger partial charge in [-0.2, -0.15) is 0 Å². The third-order valence-corrected chi connectivity index (χ3v) is 4.33. The average Bonchev–Trinajstić information content (AvgIpc) is 2.92. The summed E-state index contributed by atoms with van der Waals surface area (Å²) in [7, 11) is 2.12. The van der Waals surface area contributed by atoms with E-state index in [9.17, 15) is 0 Å². The molecule has 104 valence electrons. The van der Waals surface area contributed by atoms with E-state index in [1.807, 2.05) is 23.6 Å². The van der Waals surface area contributed by atoms with Gasteiger partial charge in [0.15, 0.2) is 0 Å². The molecule has 1 aromatic heterocycles. The summed E-state index contributed by atoms with van der Waals surface area (Å²) < 4.78 is 0. The van der Waals surface area contributed by atoms with Gasteiger partial charge in [0.25, 0.3) is 0 Å². The highest BCUT2D eigenvalue weighted by Gasteiger charge is 2.12. The van der Waals surface area contributed by atoms with Gasteiger partial charge in [-0.05, 0) is 35.2 Å². The molecular weight excluding hydrogens is 268 g/mol. The number of fused-ring (bicyclic) bond motifs is 1. The van der Waals surface area contributed by atoms with Crippen LogP contribution in [0.25, 0.3) is 0 Å². The van der Waals surface area contributed by atoms with Crippen LogP contribution >= 0.6 is 11.3 Å². The van der Waals surface area contributed by atoms with Crippen molar-refractivity contribution in [2.45, 2.75) is 6.54 Å². The van der Waals surface area contributed by atoms with Crippen molar-refractivity contribution in [2.24, 2.45) is 10.7 Å². The number of nitrogens with zero attached hydrogens (tertiary/aromatic N) is 2. The zero-order valence-electron chi connectivity index (χ0n) is 11.5. The first-order chi connectivity index (χ1) is 9.74. The first-order valence-electron chi connectivity index (χ1n) is 6.67. The number of benzene rings is 1. The van der Waals surface area contributed by atoms with Crippen molar-refractivity contribution in [1.29, 1.82) is 0 Å². The summed E-state index contributed by atoms with van der Waals surface area (Å²) in [6.45, 7) is 2.90. The van der Waals surface area contributed by atoms with Crippen LogP contribution in [-0.2, 0) is 6.54 Å². The molecular formula is C15H18N4S. The minimum Gasteiger partial charge on any atom is -0.383 e. The van der Waals surface area contributed by atoms with E-state index in [4.69, 9.17) is 5.73 Å². The lowest BCUT2D eigenvalue weighted by Crippen LogP contribution is -2.24. The molecule has 0 amide bonds. The van der Waals surface area contributed by atoms with Crippen molar-refractivity contribution >= 4 is 28.5 Å². The third-order valence-electron chi connectivity index (χ3n) is 3.44. The van der Waals surface area contributed by atoms with E-state index in [1.165, 1.54) is 11.3 Å². The van der Waals surface area contributed by atoms with Gasteiger partial charge < -0.3 is 16.0 Å². The van der Waals surface area contributed by atoms with Crippen molar-refractivity contribution in [3.05, 3.63) is 46.2 Å². The summed E-state index contributed by atoms with van der Waals surface area (Å²) in [5, 5.41) is 5.43. The summed E-state index contributed by atoms with van der Waals surface area (Å²) in [6, 6.07) is 10.2. The number of aliphatic imine (C=N–C) groups is 1. The Morgan fingerprint density at radius 3 is 3.10 bits per heavy atom. The maximum Gasteiger partial charge on any atom is 0.141 e. The Morgan fingerprint density at radius 1 is 1.40 bits per heavy atom. The van der Waals surface area contributed by atoms with Crippen LogP contribution < -0.4 is 16.0 Å². The lowest BCUT2D eigenvalue weighted by atomic mass is 10.1. The van der Waals surface area contributed by atoms with Crippen molar-refractivity contribution in [1.82, 2.24) is 5.32 Å². The Hall–Kier alpha value is -1.85. The molecule has 3 rings (SSSR count). The fraction of sp³-hybridized carbons (Fsp3) is 0.267. The fourth-order valence-corrected chi connectivity index (χ4v) is 2.99. The molecule has 0 atom stereocenters. The first kappa shape index (κ1) is 13.1. The number of amidine groups is 1. The number of likely N-dealkylation sites (N-methyl/N-ethyl adjacent to an activating group) is 1. The van der Waals surface area contributed by atoms with Crippen LogP contribution in [0.5, 0.6) is 0 Å². The number of thiophene rings is 1. The second kappa shape index (κ2) is 5.64. The molecule has 2 heterocycles. The molecule has 3 N–H and O–H groups in total. The van der Waals surface area contributed by atoms with Crippen LogP contribution in [0.1, 0.15) is 10.4 Å². The van der Waals surface area contributed by atoms with Crippen LogP contribution in [0.15, 0.2) is 40.7 Å². The normalized spacial score (nSPS) is 15.8. The maximum atomic E-state index is 6.04. The summed E-state index contributed by atoms with van der Waals surface area (Å²) in [5.41, 5.74) is 9.49. The van der Waals surface area contributed by atoms with Crippen molar-refractivity contribution < 1.29 is 0 Å². The van der Waals surface area contributed by atoms with E-state index in [2.05, 4.69) is 34.4 Å². The number of rotatable bonds is 2. The van der Waals surface area contributed by atoms with Gasteiger partial charge in [-0.1, -0.05) is 6.07 Å². The topological polar surface area (TPSA) is 53.6 Å². The molecule has 0 radical (unpaired) electrons. The molecule has 20 heavy (non-hydrogen) atoms. The SMILES string of the molecule is CN1CCNCc2cc(N=C(N)c3cccs3)ccc21. The van der Waals surface area contributed by atoms with Gasteiger partial charge in [0, 0.05) is 32.4 Å². The number of hydrogen-bond donors (Lipinski definition) is 2. The zero-order chi connectivity index (χ0) is 13.9. The number of nitrogens with one attached hydrogen (secondary N) is 1. The monoisotopic (exact) mass is 286 g/mol. The molecule has 0 bridgehead atoms. The lowest BCUT2D eigenvalue weighted by molar-refractivity contribution is 0.707. The predicted molar refractivity (Wildman–Crippen MR) is 86.1 cm³/mol. The third kappa shape index (κ3) is 2.69. The van der Waals surface area contributed by atoms with E-state index in [1.54, 1.807) is 11.3 Å². The lowest BCUT2D eigenvalue weighted by Gasteiger charge is -2.18. The summed E-state index contributed by atoms with van der Waals surface area (Å²) in [5.74, 6) is 0.579. The second-order valence-electron chi connectivity index (χ2n) is 4.89. The van der Waals surface area contributed by atoms with Gasteiger partial charge in [0.05, 0.1) is 10.6 Å². The maximum absolute atomic E-state index is 6.04. The smallest absolute Gasteiger partial charge is 0.141 e. The largest absolute Gasteiger partial charge is 0.383 e. The molecule has 0 spiro atoms. The van der Waals surface area contributed by atoms with Gasteiger partial charge in [-0.15, -0.1) is 11.3 Å². The molecule has 0 unspecified atom stereocenters. The number of nitrogens with two attached hydrogens (primary N) is 1. The van der Waals surface area contributed by atoms with Crippen LogP contribution in [0.4, 0.5) is 11.4 Å². The minimum atomic E-state index is 0.579. The molecule has 1 aliphatic rings. The molecule has 0 saturated heterocycles. The molecule has 2 aromatic rings. The molecule has 0 aliphatic carbocycles. The van der Waals surface area contributed by atoms with Crippen molar-refractivity contribution in [2.75, 3.05) is 25.0 Å². The number of hydrogen-bond acceptors (Lipinski definition) is 4. The first-order valence-corrected chi connectivity index (χ1v) is 7.55. The van der Waals surface area contributed by atoms with E-state index in [0.29, 0.717) is 5.84 Å². The Morgan fingerprint density at radius 2 is 2.30 bits per heavy atom. The van der Waals surface area contributed by atoms with E-state index < -0.39 is 0 Å². The zero-order valence-corrected chi connectivity index (χ0v) is 12.3. The van der Waals surface area contributed by atoms with Crippen LogP contribution in [0.3, 0.4) is 0 Å². The highest BCUT2D eigenvalue weighted by atomic mass is 32.1. The Bertz CT molecular complexity index is 619. The summed E-state index contributed by atoms with van der Waals surface area (Å²) in [4.78, 5) is 7.80. The fourth-order valence-electron chi connectivity index (χ4n) is 2.36. The van der Waals surface area contributed by atoms with Crippen molar-refractivity contribution in [3.63, 3.8) is 0 Å². The minimum absolute atomic E-state index is 0.579. The highest BCUT2D eigenvalue weighted by Crippen LogP contribution is 2.26. The number of anilines is 1. The van der Waals surface area contributed by atoms with Gasteiger partial charge in [-0.3, -0.25) is 0 Å². The molecule has 1 aliphatic heterocycles. The summed E-state index contributed by atoms with van der Waals surface area (Å²) >= 11 is 1.61. The second-order valence-corrected chi connectivity index (χ2v) is 5.83. The molecule has 0 fully saturated rings. The predicted octanol–water partition coefficient (Wildman–Crippen LogP) is 2.32. The molecule has 0 saturated carbocycles. The quantitative estimate of drug-likeness (QED) is 0.658. The van der Waals surface area contributed by atoms with Gasteiger partial charge >= 0.3 is 0 Å². The van der Waals surface area contributed by atoms with Gasteiger partial charge in [-0.25, -0.2) is 4.99 Å². The Kier molecular flexibility index (Phi) is 3.71. The highest BCUT2D eigenvalue weighted by molar-refractivity contribution is 7.12. The van der Waals surface area contributed by atoms with E-state index in [0.717, 1.165) is 30.2 Å². The van der Waals surface area contributed by atoms with Crippen LogP contribution in [-0.4, -0.2) is 26.0 Å². The molecule has 5 heteroatoms. The van der Waals surface area contributed by atoms with Crippen LogP contribution in [0, 0.1) is 0 Å². The van der Waals surface area contributed by atoms with E-state index >= 15 is 0 Å². The van der Waals surface area contributed by atoms with Crippen LogP contribution in [0.2, 0.25) is 0 Å². The molecule has 1 aromatic carbocycles. The van der Waals surface area contributed by atoms with Gasteiger partial charge in [0.1, 0.15) is 5.84 Å².